The summed E-state index contributed by atoms with van der Waals surface area (Å²) in [6.45, 7) is 6.72. The van der Waals surface area contributed by atoms with E-state index in [1.807, 2.05) is 6.08 Å². The van der Waals surface area contributed by atoms with E-state index in [9.17, 15) is 9.65 Å². The van der Waals surface area contributed by atoms with Gasteiger partial charge in [0.1, 0.15) is 23.1 Å². The van der Waals surface area contributed by atoms with Gasteiger partial charge < -0.3 is 10.1 Å². The standard InChI is InChI=1S/C24H30FN3O/c1-16-10-19-11-18(17-4-7-24(2,15-26)23(25)13-17)12-22(21(19)14-28(16)3)29-20-5-8-27-9-6-20/h4,11-13,16,20,27H,5-10,14H2,1-3H3. The van der Waals surface area contributed by atoms with Gasteiger partial charge in [0.05, 0.1) is 6.07 Å². The Labute approximate surface area is 173 Å². The Morgan fingerprint density at radius 1 is 1.31 bits per heavy atom. The fourth-order valence-electron chi connectivity index (χ4n) is 4.38. The van der Waals surface area contributed by atoms with Gasteiger partial charge in [-0.3, -0.25) is 4.90 Å². The van der Waals surface area contributed by atoms with Crippen molar-refractivity contribution in [1.82, 2.24) is 10.2 Å². The van der Waals surface area contributed by atoms with E-state index in [0.29, 0.717) is 12.5 Å². The molecule has 0 amide bonds. The summed E-state index contributed by atoms with van der Waals surface area (Å²) in [5.74, 6) is 0.579. The number of fused-ring (bicyclic) bond motifs is 1. The van der Waals surface area contributed by atoms with Crippen LogP contribution in [0.5, 0.6) is 5.75 Å². The monoisotopic (exact) mass is 395 g/mol. The topological polar surface area (TPSA) is 48.3 Å². The summed E-state index contributed by atoms with van der Waals surface area (Å²) in [6, 6.07) is 6.83. The van der Waals surface area contributed by atoms with E-state index >= 15 is 0 Å². The third kappa shape index (κ3) is 3.97. The fraction of sp³-hybridized carbons (Fsp3) is 0.542. The van der Waals surface area contributed by atoms with Gasteiger partial charge in [-0.25, -0.2) is 4.39 Å². The summed E-state index contributed by atoms with van der Waals surface area (Å²) >= 11 is 0. The first kappa shape index (κ1) is 20.1. The number of ether oxygens (including phenoxy) is 1. The first-order valence-corrected chi connectivity index (χ1v) is 10.6. The number of likely N-dealkylation sites (N-methyl/N-ethyl adjacent to an activating group) is 1. The first-order valence-electron chi connectivity index (χ1n) is 10.6. The van der Waals surface area contributed by atoms with Crippen LogP contribution < -0.4 is 10.1 Å². The molecule has 2 unspecified atom stereocenters. The average molecular weight is 396 g/mol. The number of allylic oxidation sites excluding steroid dienone is 4. The molecule has 29 heavy (non-hydrogen) atoms. The van der Waals surface area contributed by atoms with Crippen LogP contribution in [0.15, 0.2) is 30.1 Å². The smallest absolute Gasteiger partial charge is 0.125 e. The number of halogens is 1. The summed E-state index contributed by atoms with van der Waals surface area (Å²) in [4.78, 5) is 2.36. The van der Waals surface area contributed by atoms with Crippen LogP contribution in [0.1, 0.15) is 49.8 Å². The zero-order valence-corrected chi connectivity index (χ0v) is 17.6. The lowest BCUT2D eigenvalue weighted by molar-refractivity contribution is 0.154. The molecule has 0 bridgehead atoms. The van der Waals surface area contributed by atoms with E-state index in [2.05, 4.69) is 42.4 Å². The molecule has 3 aliphatic rings. The minimum atomic E-state index is -1.05. The molecule has 5 heteroatoms. The van der Waals surface area contributed by atoms with Crippen molar-refractivity contribution >= 4 is 5.57 Å². The highest BCUT2D eigenvalue weighted by Gasteiger charge is 2.32. The number of benzene rings is 1. The van der Waals surface area contributed by atoms with Gasteiger partial charge in [0.25, 0.3) is 0 Å². The van der Waals surface area contributed by atoms with Crippen molar-refractivity contribution in [2.75, 3.05) is 20.1 Å². The maximum Gasteiger partial charge on any atom is 0.125 e. The van der Waals surface area contributed by atoms with Crippen LogP contribution in [0, 0.1) is 16.7 Å². The molecule has 2 atom stereocenters. The lowest BCUT2D eigenvalue weighted by Crippen LogP contribution is -2.37. The zero-order valence-electron chi connectivity index (χ0n) is 17.6. The maximum absolute atomic E-state index is 14.6. The largest absolute Gasteiger partial charge is 0.490 e. The summed E-state index contributed by atoms with van der Waals surface area (Å²) in [7, 11) is 2.15. The minimum absolute atomic E-state index is 0.217. The molecule has 0 spiro atoms. The van der Waals surface area contributed by atoms with Gasteiger partial charge in [0.2, 0.25) is 0 Å². The number of piperidine rings is 1. The number of nitrogens with one attached hydrogen (secondary N) is 1. The highest BCUT2D eigenvalue weighted by molar-refractivity contribution is 5.78. The molecule has 154 valence electrons. The van der Waals surface area contributed by atoms with Gasteiger partial charge in [0.15, 0.2) is 0 Å². The molecule has 0 aromatic heterocycles. The number of hydrogen-bond donors (Lipinski definition) is 1. The summed E-state index contributed by atoms with van der Waals surface area (Å²) in [6.07, 6.45) is 7.09. The Kier molecular flexibility index (Phi) is 5.50. The summed E-state index contributed by atoms with van der Waals surface area (Å²) < 4.78 is 21.1. The highest BCUT2D eigenvalue weighted by atomic mass is 19.1. The predicted molar refractivity (Wildman–Crippen MR) is 113 cm³/mol. The number of hydrogen-bond acceptors (Lipinski definition) is 4. The Hall–Kier alpha value is -2.16. The number of nitrogens with zero attached hydrogens (tertiary/aromatic N) is 2. The molecule has 1 saturated heterocycles. The minimum Gasteiger partial charge on any atom is -0.490 e. The van der Waals surface area contributed by atoms with Gasteiger partial charge >= 0.3 is 0 Å². The molecule has 4 rings (SSSR count). The molecule has 1 fully saturated rings. The Morgan fingerprint density at radius 2 is 2.07 bits per heavy atom. The molecule has 0 saturated carbocycles. The predicted octanol–water partition coefficient (Wildman–Crippen LogP) is 4.36. The van der Waals surface area contributed by atoms with Gasteiger partial charge in [-0.2, -0.15) is 5.26 Å². The van der Waals surface area contributed by atoms with E-state index in [0.717, 1.165) is 55.8 Å². The number of rotatable bonds is 3. The van der Waals surface area contributed by atoms with Crippen LogP contribution in [0.3, 0.4) is 0 Å². The average Bonchev–Trinajstić information content (AvgIpc) is 2.72. The molecule has 1 N–H and O–H groups in total. The third-order valence-electron chi connectivity index (χ3n) is 6.68. The van der Waals surface area contributed by atoms with Crippen LogP contribution in [-0.4, -0.2) is 37.2 Å². The lowest BCUT2D eigenvalue weighted by Gasteiger charge is -2.34. The first-order chi connectivity index (χ1) is 13.9. The normalized spacial score (nSPS) is 28.2. The van der Waals surface area contributed by atoms with E-state index in [-0.39, 0.29) is 11.9 Å². The molecular weight excluding hydrogens is 365 g/mol. The molecule has 1 aliphatic carbocycles. The molecule has 1 aromatic carbocycles. The molecule has 0 radical (unpaired) electrons. The maximum atomic E-state index is 14.6. The van der Waals surface area contributed by atoms with Gasteiger partial charge in [-0.15, -0.1) is 0 Å². The van der Waals surface area contributed by atoms with Crippen LogP contribution in [0.25, 0.3) is 5.57 Å². The molecular formula is C24H30FN3O. The summed E-state index contributed by atoms with van der Waals surface area (Å²) in [5.41, 5.74) is 3.33. The van der Waals surface area contributed by atoms with Crippen molar-refractivity contribution in [2.45, 2.75) is 58.2 Å². The summed E-state index contributed by atoms with van der Waals surface area (Å²) in [5, 5.41) is 12.7. The van der Waals surface area contributed by atoms with Crippen molar-refractivity contribution in [2.24, 2.45) is 5.41 Å². The van der Waals surface area contributed by atoms with Crippen molar-refractivity contribution < 1.29 is 9.13 Å². The Morgan fingerprint density at radius 3 is 2.76 bits per heavy atom. The third-order valence-corrected chi connectivity index (χ3v) is 6.68. The van der Waals surface area contributed by atoms with Gasteiger partial charge in [-0.05, 0) is 88.5 Å². The second-order valence-electron chi connectivity index (χ2n) is 8.95. The molecule has 2 aliphatic heterocycles. The van der Waals surface area contributed by atoms with Crippen molar-refractivity contribution in [3.8, 4) is 11.8 Å². The van der Waals surface area contributed by atoms with E-state index in [1.54, 1.807) is 6.92 Å². The van der Waals surface area contributed by atoms with E-state index < -0.39 is 5.41 Å². The van der Waals surface area contributed by atoms with Crippen LogP contribution in [-0.2, 0) is 13.0 Å². The van der Waals surface area contributed by atoms with E-state index in [1.165, 1.54) is 17.2 Å². The van der Waals surface area contributed by atoms with Gasteiger partial charge in [-0.1, -0.05) is 12.1 Å². The molecule has 4 nitrogen and oxygen atoms in total. The highest BCUT2D eigenvalue weighted by Crippen LogP contribution is 2.41. The quantitative estimate of drug-likeness (QED) is 0.826. The zero-order chi connectivity index (χ0) is 20.6. The van der Waals surface area contributed by atoms with Crippen LogP contribution >= 0.6 is 0 Å². The van der Waals surface area contributed by atoms with Crippen LogP contribution in [0.2, 0.25) is 0 Å². The molecule has 2 heterocycles. The van der Waals surface area contributed by atoms with Crippen LogP contribution in [0.4, 0.5) is 4.39 Å². The lowest BCUT2D eigenvalue weighted by atomic mass is 9.80. The Bertz CT molecular complexity index is 894. The van der Waals surface area contributed by atoms with Crippen molar-refractivity contribution in [1.29, 1.82) is 5.26 Å². The molecule has 1 aromatic rings. The second kappa shape index (κ2) is 7.93. The van der Waals surface area contributed by atoms with Crippen molar-refractivity contribution in [3.63, 3.8) is 0 Å². The fourth-order valence-corrected chi connectivity index (χ4v) is 4.38. The second-order valence-corrected chi connectivity index (χ2v) is 8.95. The van der Waals surface area contributed by atoms with Gasteiger partial charge in [0, 0.05) is 18.2 Å². The van der Waals surface area contributed by atoms with Crippen molar-refractivity contribution in [3.05, 3.63) is 46.8 Å². The Balaban J connectivity index is 1.71. The number of nitriles is 1. The SMILES string of the molecule is CC1Cc2cc(C3=CCC(C)(C#N)C(F)=C3)cc(OC3CCNCC3)c2CN1C. The van der Waals surface area contributed by atoms with E-state index in [4.69, 9.17) is 4.74 Å².